The molecular formula is C15H22OS2. The number of aryl methyl sites for hydroxylation is 1. The molecule has 0 heterocycles. The number of aliphatic hydroxyl groups is 1. The minimum Gasteiger partial charge on any atom is -0.396 e. The van der Waals surface area contributed by atoms with Crippen molar-refractivity contribution in [2.75, 3.05) is 18.1 Å². The first kappa shape index (κ1) is 14.3. The fourth-order valence-electron chi connectivity index (χ4n) is 2.94. The number of hydrogen-bond donors (Lipinski definition) is 1. The van der Waals surface area contributed by atoms with Crippen LogP contribution in [0.1, 0.15) is 37.3 Å². The van der Waals surface area contributed by atoms with Gasteiger partial charge in [0.1, 0.15) is 0 Å². The van der Waals surface area contributed by atoms with E-state index in [0.29, 0.717) is 0 Å². The molecule has 0 radical (unpaired) electrons. The zero-order valence-electron chi connectivity index (χ0n) is 11.2. The third-order valence-electron chi connectivity index (χ3n) is 3.66. The molecule has 2 rings (SSSR count). The fourth-order valence-corrected chi connectivity index (χ4v) is 6.25. The number of benzene rings is 1. The van der Waals surface area contributed by atoms with Crippen LogP contribution in [0.5, 0.6) is 0 Å². The summed E-state index contributed by atoms with van der Waals surface area (Å²) in [7, 11) is 0. The van der Waals surface area contributed by atoms with Crippen molar-refractivity contribution in [1.29, 1.82) is 0 Å². The van der Waals surface area contributed by atoms with Gasteiger partial charge >= 0.3 is 0 Å². The average Bonchev–Trinajstić information content (AvgIpc) is 2.39. The largest absolute Gasteiger partial charge is 0.396 e. The van der Waals surface area contributed by atoms with E-state index in [2.05, 4.69) is 38.1 Å². The predicted octanol–water partition coefficient (Wildman–Crippen LogP) is 3.91. The highest BCUT2D eigenvalue weighted by molar-refractivity contribution is 8.18. The van der Waals surface area contributed by atoms with Gasteiger partial charge in [0, 0.05) is 5.92 Å². The van der Waals surface area contributed by atoms with Crippen molar-refractivity contribution in [2.24, 2.45) is 0 Å². The number of thioether (sulfide) groups is 2. The van der Waals surface area contributed by atoms with Crippen LogP contribution in [0.3, 0.4) is 0 Å². The van der Waals surface area contributed by atoms with Gasteiger partial charge in [-0.3, -0.25) is 0 Å². The third kappa shape index (κ3) is 2.59. The van der Waals surface area contributed by atoms with Crippen LogP contribution in [0.15, 0.2) is 24.3 Å². The second-order valence-corrected chi connectivity index (χ2v) is 8.06. The molecule has 1 aromatic rings. The highest BCUT2D eigenvalue weighted by atomic mass is 32.2. The van der Waals surface area contributed by atoms with E-state index >= 15 is 0 Å². The summed E-state index contributed by atoms with van der Waals surface area (Å²) < 4.78 is 0.173. The van der Waals surface area contributed by atoms with Gasteiger partial charge in [-0.05, 0) is 35.5 Å². The first-order chi connectivity index (χ1) is 8.77. The van der Waals surface area contributed by atoms with E-state index in [1.54, 1.807) is 0 Å². The molecular weight excluding hydrogens is 260 g/mol. The summed E-state index contributed by atoms with van der Waals surface area (Å²) in [6.45, 7) is 4.70. The summed E-state index contributed by atoms with van der Waals surface area (Å²) in [5.41, 5.74) is 2.80. The van der Waals surface area contributed by atoms with Crippen molar-refractivity contribution < 1.29 is 5.11 Å². The van der Waals surface area contributed by atoms with Gasteiger partial charge in [0.25, 0.3) is 0 Å². The van der Waals surface area contributed by atoms with E-state index in [1.807, 2.05) is 23.5 Å². The Morgan fingerprint density at radius 2 is 1.89 bits per heavy atom. The summed E-state index contributed by atoms with van der Waals surface area (Å²) >= 11 is 4.05. The molecule has 1 aliphatic rings. The molecule has 0 bridgehead atoms. The van der Waals surface area contributed by atoms with Gasteiger partial charge in [-0.2, -0.15) is 0 Å². The zero-order chi connectivity index (χ0) is 13.0. The fraction of sp³-hybridized carbons (Fsp3) is 0.600. The molecule has 0 saturated carbocycles. The molecule has 18 heavy (non-hydrogen) atoms. The molecule has 0 amide bonds. The maximum Gasteiger partial charge on any atom is 0.0704 e. The van der Waals surface area contributed by atoms with Crippen molar-refractivity contribution in [3.05, 3.63) is 35.4 Å². The van der Waals surface area contributed by atoms with E-state index in [9.17, 15) is 5.11 Å². The second-order valence-electron chi connectivity index (χ2n) is 4.61. The van der Waals surface area contributed by atoms with Gasteiger partial charge in [0.15, 0.2) is 0 Å². The first-order valence-electron chi connectivity index (χ1n) is 6.74. The Morgan fingerprint density at radius 1 is 1.22 bits per heavy atom. The number of hydrogen-bond acceptors (Lipinski definition) is 3. The summed E-state index contributed by atoms with van der Waals surface area (Å²) in [5, 5.41) is 9.90. The van der Waals surface area contributed by atoms with Crippen LogP contribution < -0.4 is 0 Å². The summed E-state index contributed by atoms with van der Waals surface area (Å²) in [6, 6.07) is 8.64. The van der Waals surface area contributed by atoms with Crippen LogP contribution in [-0.4, -0.2) is 27.3 Å². The van der Waals surface area contributed by atoms with Gasteiger partial charge in [0.05, 0.1) is 10.7 Å². The minimum absolute atomic E-state index is 0.173. The minimum atomic E-state index is 0.173. The summed E-state index contributed by atoms with van der Waals surface area (Å²) in [4.78, 5) is 0. The Morgan fingerprint density at radius 3 is 2.50 bits per heavy atom. The van der Waals surface area contributed by atoms with Gasteiger partial charge in [-0.15, -0.1) is 23.5 Å². The lowest BCUT2D eigenvalue weighted by Gasteiger charge is -2.43. The maximum absolute atomic E-state index is 9.90. The summed E-state index contributed by atoms with van der Waals surface area (Å²) in [5.74, 6) is 2.51. The molecule has 0 fully saturated rings. The molecule has 1 aliphatic carbocycles. The van der Waals surface area contributed by atoms with Gasteiger partial charge in [-0.1, -0.05) is 38.1 Å². The molecule has 1 N–H and O–H groups in total. The molecule has 3 heteroatoms. The highest BCUT2D eigenvalue weighted by Gasteiger charge is 2.43. The van der Waals surface area contributed by atoms with Crippen LogP contribution in [-0.2, 0) is 6.42 Å². The lowest BCUT2D eigenvalue weighted by Crippen LogP contribution is -2.37. The van der Waals surface area contributed by atoms with Crippen molar-refractivity contribution in [3.8, 4) is 0 Å². The molecule has 0 aliphatic heterocycles. The zero-order valence-corrected chi connectivity index (χ0v) is 12.8. The number of fused-ring (bicyclic) bond motifs is 1. The molecule has 100 valence electrons. The average molecular weight is 282 g/mol. The Kier molecular flexibility index (Phi) is 5.05. The number of rotatable bonds is 5. The quantitative estimate of drug-likeness (QED) is 0.827. The van der Waals surface area contributed by atoms with E-state index in [1.165, 1.54) is 17.5 Å². The molecule has 1 nitrogen and oxygen atoms in total. The Labute approximate surface area is 119 Å². The van der Waals surface area contributed by atoms with Crippen LogP contribution in [0.4, 0.5) is 0 Å². The summed E-state index contributed by atoms with van der Waals surface area (Å²) in [6.07, 6.45) is 2.32. The van der Waals surface area contributed by atoms with Gasteiger partial charge < -0.3 is 5.11 Å². The monoisotopic (exact) mass is 282 g/mol. The normalized spacial score (nSPS) is 21.6. The highest BCUT2D eigenvalue weighted by Crippen LogP contribution is 2.54. The van der Waals surface area contributed by atoms with Crippen molar-refractivity contribution in [3.63, 3.8) is 0 Å². The lowest BCUT2D eigenvalue weighted by molar-refractivity contribution is 0.250. The maximum atomic E-state index is 9.90. The predicted molar refractivity (Wildman–Crippen MR) is 83.6 cm³/mol. The smallest absolute Gasteiger partial charge is 0.0704 e. The molecule has 0 spiro atoms. The lowest BCUT2D eigenvalue weighted by atomic mass is 9.82. The van der Waals surface area contributed by atoms with E-state index in [0.717, 1.165) is 17.9 Å². The van der Waals surface area contributed by atoms with Crippen molar-refractivity contribution >= 4 is 23.5 Å². The van der Waals surface area contributed by atoms with Crippen molar-refractivity contribution in [2.45, 2.75) is 36.7 Å². The molecule has 0 saturated heterocycles. The SMILES string of the molecule is CCSC1(SCC)CCc2ccccc2C1CO. The Hall–Kier alpha value is -0.120. The molecule has 0 aromatic heterocycles. The standard InChI is InChI=1S/C15H22OS2/c1-3-17-15(18-4-2)10-9-12-7-5-6-8-13(12)14(15)11-16/h5-8,14,16H,3-4,9-11H2,1-2H3. The third-order valence-corrected chi connectivity index (χ3v) is 6.90. The van der Waals surface area contributed by atoms with E-state index in [4.69, 9.17) is 0 Å². The first-order valence-corrected chi connectivity index (χ1v) is 8.71. The Bertz CT molecular complexity index is 386. The second kappa shape index (κ2) is 6.36. The molecule has 1 atom stereocenters. The topological polar surface area (TPSA) is 20.2 Å². The van der Waals surface area contributed by atoms with E-state index < -0.39 is 0 Å². The van der Waals surface area contributed by atoms with Crippen molar-refractivity contribution in [1.82, 2.24) is 0 Å². The Balaban J connectivity index is 2.38. The van der Waals surface area contributed by atoms with Crippen LogP contribution in [0.25, 0.3) is 0 Å². The van der Waals surface area contributed by atoms with Gasteiger partial charge in [-0.25, -0.2) is 0 Å². The van der Waals surface area contributed by atoms with Crippen LogP contribution in [0.2, 0.25) is 0 Å². The number of aliphatic hydroxyl groups excluding tert-OH is 1. The van der Waals surface area contributed by atoms with Crippen LogP contribution in [0, 0.1) is 0 Å². The van der Waals surface area contributed by atoms with Crippen LogP contribution >= 0.6 is 23.5 Å². The van der Waals surface area contributed by atoms with Gasteiger partial charge in [0.2, 0.25) is 0 Å². The van der Waals surface area contributed by atoms with E-state index in [-0.39, 0.29) is 16.6 Å². The molecule has 1 aromatic carbocycles. The molecule has 1 unspecified atom stereocenters.